The quantitative estimate of drug-likeness (QED) is 0.721. The molecule has 1 amide bonds. The van der Waals surface area contributed by atoms with Gasteiger partial charge in [-0.1, -0.05) is 39.0 Å². The van der Waals surface area contributed by atoms with E-state index in [9.17, 15) is 4.79 Å². The lowest BCUT2D eigenvalue weighted by molar-refractivity contribution is 0.102. The van der Waals surface area contributed by atoms with Crippen molar-refractivity contribution in [3.8, 4) is 5.69 Å². The first kappa shape index (κ1) is 17.9. The summed E-state index contributed by atoms with van der Waals surface area (Å²) in [6.07, 6.45) is 0. The van der Waals surface area contributed by atoms with Crippen LogP contribution in [-0.2, 0) is 5.41 Å². The van der Waals surface area contributed by atoms with Crippen molar-refractivity contribution in [2.24, 2.45) is 0 Å². The van der Waals surface area contributed by atoms with Crippen molar-refractivity contribution in [1.29, 1.82) is 0 Å². The molecule has 26 heavy (non-hydrogen) atoms. The number of carbonyl (C=O) groups excluding carboxylic acids is 1. The summed E-state index contributed by atoms with van der Waals surface area (Å²) < 4.78 is 1.88. The van der Waals surface area contributed by atoms with Crippen molar-refractivity contribution in [2.45, 2.75) is 40.0 Å². The predicted molar refractivity (Wildman–Crippen MR) is 106 cm³/mol. The van der Waals surface area contributed by atoms with Gasteiger partial charge in [-0.15, -0.1) is 0 Å². The Balaban J connectivity index is 1.83. The zero-order chi connectivity index (χ0) is 18.9. The lowest BCUT2D eigenvalue weighted by atomic mass is 9.86. The van der Waals surface area contributed by atoms with E-state index in [1.165, 1.54) is 0 Å². The molecular formula is C22H25N3O. The second-order valence-corrected chi connectivity index (χ2v) is 7.64. The minimum Gasteiger partial charge on any atom is -0.322 e. The Labute approximate surface area is 154 Å². The van der Waals surface area contributed by atoms with Gasteiger partial charge in [0.1, 0.15) is 0 Å². The van der Waals surface area contributed by atoms with Crippen LogP contribution in [-0.4, -0.2) is 15.7 Å². The number of benzene rings is 2. The molecule has 134 valence electrons. The van der Waals surface area contributed by atoms with Crippen LogP contribution in [0.3, 0.4) is 0 Å². The van der Waals surface area contributed by atoms with E-state index >= 15 is 0 Å². The number of nitrogens with one attached hydrogen (secondary N) is 1. The molecule has 1 N–H and O–H groups in total. The highest BCUT2D eigenvalue weighted by molar-refractivity contribution is 6.04. The molecule has 0 bridgehead atoms. The molecule has 0 fully saturated rings. The molecule has 0 aliphatic carbocycles. The zero-order valence-corrected chi connectivity index (χ0v) is 16.0. The molecule has 1 heterocycles. The first-order valence-electron chi connectivity index (χ1n) is 8.80. The summed E-state index contributed by atoms with van der Waals surface area (Å²) in [6.45, 7) is 10.4. The maximum Gasteiger partial charge on any atom is 0.255 e. The number of aromatic nitrogens is 2. The van der Waals surface area contributed by atoms with Crippen LogP contribution in [0.5, 0.6) is 0 Å². The van der Waals surface area contributed by atoms with Crippen LogP contribution in [0.2, 0.25) is 0 Å². The summed E-state index contributed by atoms with van der Waals surface area (Å²) in [6, 6.07) is 17.5. The van der Waals surface area contributed by atoms with Gasteiger partial charge >= 0.3 is 0 Å². The maximum atomic E-state index is 12.7. The molecule has 2 aromatic carbocycles. The topological polar surface area (TPSA) is 46.9 Å². The fraction of sp³-hybridized carbons (Fsp3) is 0.273. The smallest absolute Gasteiger partial charge is 0.255 e. The number of carbonyl (C=O) groups is 1. The predicted octanol–water partition coefficient (Wildman–Crippen LogP) is 5.04. The molecule has 4 nitrogen and oxygen atoms in total. The highest BCUT2D eigenvalue weighted by Gasteiger charge is 2.19. The number of para-hydroxylation sites is 1. The summed E-state index contributed by atoms with van der Waals surface area (Å²) in [5.74, 6) is -0.110. The molecule has 4 heteroatoms. The van der Waals surface area contributed by atoms with Crippen LogP contribution in [0.15, 0.2) is 54.6 Å². The van der Waals surface area contributed by atoms with E-state index in [-0.39, 0.29) is 11.3 Å². The van der Waals surface area contributed by atoms with E-state index < -0.39 is 0 Å². The normalized spacial score (nSPS) is 11.4. The Kier molecular flexibility index (Phi) is 4.68. The average Bonchev–Trinajstić information content (AvgIpc) is 2.93. The lowest BCUT2D eigenvalue weighted by Crippen LogP contribution is -2.18. The van der Waals surface area contributed by atoms with E-state index in [1.807, 2.05) is 67.1 Å². The molecule has 0 aliphatic rings. The monoisotopic (exact) mass is 347 g/mol. The van der Waals surface area contributed by atoms with E-state index in [2.05, 4.69) is 37.3 Å². The van der Waals surface area contributed by atoms with Crippen LogP contribution in [0, 0.1) is 13.8 Å². The standard InChI is InChI=1S/C22H25N3O/c1-15-14-16(2)25(24-15)18-12-10-17(11-13-18)21(26)23-20-9-7-6-8-19(20)22(3,4)5/h6-14H,1-5H3,(H,23,26). The van der Waals surface area contributed by atoms with Crippen molar-refractivity contribution >= 4 is 11.6 Å². The van der Waals surface area contributed by atoms with Crippen LogP contribution in [0.1, 0.15) is 48.1 Å². The lowest BCUT2D eigenvalue weighted by Gasteiger charge is -2.23. The molecule has 0 saturated heterocycles. The highest BCUT2D eigenvalue weighted by atomic mass is 16.1. The van der Waals surface area contributed by atoms with Gasteiger partial charge in [-0.25, -0.2) is 4.68 Å². The number of amides is 1. The molecular weight excluding hydrogens is 322 g/mol. The molecule has 3 rings (SSSR count). The van der Waals surface area contributed by atoms with Crippen molar-refractivity contribution in [3.63, 3.8) is 0 Å². The van der Waals surface area contributed by atoms with Gasteiger partial charge in [0.05, 0.1) is 11.4 Å². The van der Waals surface area contributed by atoms with Crippen LogP contribution < -0.4 is 5.32 Å². The van der Waals surface area contributed by atoms with Gasteiger partial charge in [0, 0.05) is 16.9 Å². The minimum absolute atomic E-state index is 0.0385. The number of hydrogen-bond acceptors (Lipinski definition) is 2. The van der Waals surface area contributed by atoms with Crippen molar-refractivity contribution in [1.82, 2.24) is 9.78 Å². The van der Waals surface area contributed by atoms with Gasteiger partial charge < -0.3 is 5.32 Å². The van der Waals surface area contributed by atoms with Crippen molar-refractivity contribution < 1.29 is 4.79 Å². The van der Waals surface area contributed by atoms with Crippen LogP contribution >= 0.6 is 0 Å². The van der Waals surface area contributed by atoms with Crippen molar-refractivity contribution in [3.05, 3.63) is 77.1 Å². The number of hydrogen-bond donors (Lipinski definition) is 1. The van der Waals surface area contributed by atoms with Crippen molar-refractivity contribution in [2.75, 3.05) is 5.32 Å². The highest BCUT2D eigenvalue weighted by Crippen LogP contribution is 2.29. The summed E-state index contributed by atoms with van der Waals surface area (Å²) >= 11 is 0. The first-order valence-corrected chi connectivity index (χ1v) is 8.80. The molecule has 0 saturated carbocycles. The third-order valence-corrected chi connectivity index (χ3v) is 4.37. The molecule has 0 atom stereocenters. The Hall–Kier alpha value is -2.88. The molecule has 0 unspecified atom stereocenters. The van der Waals surface area contributed by atoms with E-state index in [4.69, 9.17) is 0 Å². The largest absolute Gasteiger partial charge is 0.322 e. The third kappa shape index (κ3) is 3.69. The van der Waals surface area contributed by atoms with Gasteiger partial charge in [0.25, 0.3) is 5.91 Å². The fourth-order valence-corrected chi connectivity index (χ4v) is 3.08. The van der Waals surface area contributed by atoms with E-state index in [1.54, 1.807) is 0 Å². The van der Waals surface area contributed by atoms with E-state index in [0.29, 0.717) is 5.56 Å². The summed E-state index contributed by atoms with van der Waals surface area (Å²) in [5, 5.41) is 7.52. The first-order chi connectivity index (χ1) is 12.3. The number of nitrogens with zero attached hydrogens (tertiary/aromatic N) is 2. The summed E-state index contributed by atoms with van der Waals surface area (Å²) in [5.41, 5.74) is 5.55. The van der Waals surface area contributed by atoms with Gasteiger partial charge in [-0.3, -0.25) is 4.79 Å². The van der Waals surface area contributed by atoms with E-state index in [0.717, 1.165) is 28.3 Å². The molecule has 0 spiro atoms. The zero-order valence-electron chi connectivity index (χ0n) is 16.0. The van der Waals surface area contributed by atoms with Crippen LogP contribution in [0.25, 0.3) is 5.69 Å². The molecule has 0 aliphatic heterocycles. The Morgan fingerprint density at radius 2 is 1.65 bits per heavy atom. The molecule has 1 aromatic heterocycles. The summed E-state index contributed by atoms with van der Waals surface area (Å²) in [4.78, 5) is 12.7. The maximum absolute atomic E-state index is 12.7. The second-order valence-electron chi connectivity index (χ2n) is 7.64. The minimum atomic E-state index is -0.110. The van der Waals surface area contributed by atoms with Gasteiger partial charge in [0.15, 0.2) is 0 Å². The molecule has 0 radical (unpaired) electrons. The third-order valence-electron chi connectivity index (χ3n) is 4.37. The Morgan fingerprint density at radius 3 is 2.23 bits per heavy atom. The summed E-state index contributed by atoms with van der Waals surface area (Å²) in [7, 11) is 0. The Morgan fingerprint density at radius 1 is 1.00 bits per heavy atom. The second kappa shape index (κ2) is 6.79. The number of anilines is 1. The van der Waals surface area contributed by atoms with Gasteiger partial charge in [-0.2, -0.15) is 5.10 Å². The van der Waals surface area contributed by atoms with Gasteiger partial charge in [0.2, 0.25) is 0 Å². The number of aryl methyl sites for hydroxylation is 2. The fourth-order valence-electron chi connectivity index (χ4n) is 3.08. The Bertz CT molecular complexity index is 931. The van der Waals surface area contributed by atoms with Crippen LogP contribution in [0.4, 0.5) is 5.69 Å². The van der Waals surface area contributed by atoms with Gasteiger partial charge in [-0.05, 0) is 61.2 Å². The average molecular weight is 347 g/mol. The number of rotatable bonds is 3. The molecule has 3 aromatic rings. The SMILES string of the molecule is Cc1cc(C)n(-c2ccc(C(=O)Nc3ccccc3C(C)(C)C)cc2)n1.